The van der Waals surface area contributed by atoms with Crippen LogP contribution in [-0.2, 0) is 13.0 Å². The number of aliphatic hydroxyl groups excluding tert-OH is 1. The number of hydrogen-bond acceptors (Lipinski definition) is 3. The van der Waals surface area contributed by atoms with Crippen LogP contribution in [-0.4, -0.2) is 10.7 Å². The molecule has 1 N–H and O–H groups in total. The molecule has 21 heavy (non-hydrogen) atoms. The molecule has 0 aliphatic carbocycles. The zero-order valence-electron chi connectivity index (χ0n) is 12.6. The smallest absolute Gasteiger partial charge is 0.169 e. The minimum atomic E-state index is -0.182. The molecule has 0 amide bonds. The number of aryl methyl sites for hydroxylation is 1. The van der Waals surface area contributed by atoms with E-state index < -0.39 is 0 Å². The normalized spacial score (nSPS) is 15.4. The molecular weight excluding hydrogens is 264 g/mol. The molecule has 0 aromatic heterocycles. The topological polar surface area (TPSA) is 38.7 Å². The Morgan fingerprint density at radius 3 is 2.76 bits per heavy atom. The van der Waals surface area contributed by atoms with Crippen LogP contribution in [0.5, 0.6) is 17.2 Å². The van der Waals surface area contributed by atoms with Crippen LogP contribution in [0.3, 0.4) is 0 Å². The second kappa shape index (κ2) is 5.08. The molecule has 1 heterocycles. The lowest BCUT2D eigenvalue weighted by Gasteiger charge is -2.18. The summed E-state index contributed by atoms with van der Waals surface area (Å²) in [5.41, 5.74) is 2.93. The Hall–Kier alpha value is -2.00. The fourth-order valence-corrected chi connectivity index (χ4v) is 2.70. The van der Waals surface area contributed by atoms with E-state index in [0.29, 0.717) is 0 Å². The summed E-state index contributed by atoms with van der Waals surface area (Å²) >= 11 is 0. The number of ether oxygens (including phenoxy) is 2. The SMILES string of the molecule is Cc1cc(Oc2cccc3c2OC(C)(C)C3)ccc1CO. The van der Waals surface area contributed by atoms with E-state index in [1.807, 2.05) is 37.3 Å². The summed E-state index contributed by atoms with van der Waals surface area (Å²) in [4.78, 5) is 0. The Morgan fingerprint density at radius 1 is 1.24 bits per heavy atom. The van der Waals surface area contributed by atoms with Crippen LogP contribution in [0.2, 0.25) is 0 Å². The fourth-order valence-electron chi connectivity index (χ4n) is 2.70. The molecule has 1 aliphatic rings. The van der Waals surface area contributed by atoms with E-state index >= 15 is 0 Å². The van der Waals surface area contributed by atoms with E-state index in [2.05, 4.69) is 19.9 Å². The standard InChI is InChI=1S/C18H20O3/c1-12-9-15(8-7-14(12)11-19)20-16-6-4-5-13-10-18(2,3)21-17(13)16/h4-9,19H,10-11H2,1-3H3. The summed E-state index contributed by atoms with van der Waals surface area (Å²) in [6, 6.07) is 11.7. The van der Waals surface area contributed by atoms with Crippen molar-refractivity contribution in [1.29, 1.82) is 0 Å². The van der Waals surface area contributed by atoms with Gasteiger partial charge in [-0.05, 0) is 50.1 Å². The number of benzene rings is 2. The molecule has 3 rings (SSSR count). The Labute approximate surface area is 125 Å². The van der Waals surface area contributed by atoms with Crippen molar-refractivity contribution in [2.24, 2.45) is 0 Å². The van der Waals surface area contributed by atoms with E-state index in [4.69, 9.17) is 9.47 Å². The average Bonchev–Trinajstić information content (AvgIpc) is 2.74. The van der Waals surface area contributed by atoms with Crippen molar-refractivity contribution < 1.29 is 14.6 Å². The van der Waals surface area contributed by atoms with Gasteiger partial charge in [0.05, 0.1) is 6.61 Å². The fraction of sp³-hybridized carbons (Fsp3) is 0.333. The van der Waals surface area contributed by atoms with Gasteiger partial charge in [-0.25, -0.2) is 0 Å². The molecule has 0 radical (unpaired) electrons. The maximum Gasteiger partial charge on any atom is 0.169 e. The molecule has 3 nitrogen and oxygen atoms in total. The molecule has 0 bridgehead atoms. The molecule has 0 saturated heterocycles. The van der Waals surface area contributed by atoms with Gasteiger partial charge in [0.25, 0.3) is 0 Å². The van der Waals surface area contributed by atoms with Gasteiger partial charge in [0, 0.05) is 12.0 Å². The van der Waals surface area contributed by atoms with Crippen molar-refractivity contribution in [3.8, 4) is 17.2 Å². The highest BCUT2D eigenvalue weighted by Crippen LogP contribution is 2.43. The summed E-state index contributed by atoms with van der Waals surface area (Å²) in [7, 11) is 0. The van der Waals surface area contributed by atoms with Gasteiger partial charge in [-0.3, -0.25) is 0 Å². The summed E-state index contributed by atoms with van der Waals surface area (Å²) in [6.07, 6.45) is 0.891. The lowest BCUT2D eigenvalue weighted by Crippen LogP contribution is -2.24. The number of fused-ring (bicyclic) bond motifs is 1. The first kappa shape index (κ1) is 14.0. The maximum absolute atomic E-state index is 9.22. The van der Waals surface area contributed by atoms with Crippen molar-refractivity contribution in [2.75, 3.05) is 0 Å². The van der Waals surface area contributed by atoms with E-state index in [-0.39, 0.29) is 12.2 Å². The van der Waals surface area contributed by atoms with Gasteiger partial charge in [0.15, 0.2) is 11.5 Å². The molecule has 2 aromatic carbocycles. The summed E-state index contributed by atoms with van der Waals surface area (Å²) in [6.45, 7) is 6.17. The van der Waals surface area contributed by atoms with Gasteiger partial charge in [0.2, 0.25) is 0 Å². The Morgan fingerprint density at radius 2 is 2.05 bits per heavy atom. The van der Waals surface area contributed by atoms with Crippen LogP contribution >= 0.6 is 0 Å². The first-order valence-corrected chi connectivity index (χ1v) is 7.18. The first-order valence-electron chi connectivity index (χ1n) is 7.18. The Bertz CT molecular complexity index is 674. The van der Waals surface area contributed by atoms with Gasteiger partial charge < -0.3 is 14.6 Å². The average molecular weight is 284 g/mol. The van der Waals surface area contributed by atoms with Gasteiger partial charge in [0.1, 0.15) is 11.4 Å². The largest absolute Gasteiger partial charge is 0.483 e. The van der Waals surface area contributed by atoms with Crippen molar-refractivity contribution in [3.05, 3.63) is 53.1 Å². The predicted molar refractivity (Wildman–Crippen MR) is 82.0 cm³/mol. The second-order valence-corrected chi connectivity index (χ2v) is 6.13. The van der Waals surface area contributed by atoms with Crippen molar-refractivity contribution in [1.82, 2.24) is 0 Å². The number of aliphatic hydroxyl groups is 1. The van der Waals surface area contributed by atoms with Gasteiger partial charge in [-0.2, -0.15) is 0 Å². The molecule has 110 valence electrons. The second-order valence-electron chi connectivity index (χ2n) is 6.13. The van der Waals surface area contributed by atoms with Crippen molar-refractivity contribution in [3.63, 3.8) is 0 Å². The molecule has 3 heteroatoms. The van der Waals surface area contributed by atoms with E-state index in [0.717, 1.165) is 34.8 Å². The van der Waals surface area contributed by atoms with Gasteiger partial charge in [-0.1, -0.05) is 18.2 Å². The monoisotopic (exact) mass is 284 g/mol. The first-order chi connectivity index (χ1) is 9.98. The molecule has 0 atom stereocenters. The third-order valence-electron chi connectivity index (χ3n) is 3.77. The highest BCUT2D eigenvalue weighted by molar-refractivity contribution is 5.52. The van der Waals surface area contributed by atoms with E-state index in [1.165, 1.54) is 5.56 Å². The zero-order valence-corrected chi connectivity index (χ0v) is 12.6. The number of hydrogen-bond donors (Lipinski definition) is 1. The molecular formula is C18H20O3. The Kier molecular flexibility index (Phi) is 3.38. The van der Waals surface area contributed by atoms with Crippen LogP contribution in [0.25, 0.3) is 0 Å². The summed E-state index contributed by atoms with van der Waals surface area (Å²) < 4.78 is 12.0. The third kappa shape index (κ3) is 2.74. The predicted octanol–water partition coefficient (Wildman–Crippen LogP) is 3.99. The molecule has 2 aromatic rings. The quantitative estimate of drug-likeness (QED) is 0.926. The van der Waals surface area contributed by atoms with Crippen molar-refractivity contribution >= 4 is 0 Å². The highest BCUT2D eigenvalue weighted by Gasteiger charge is 2.32. The Balaban J connectivity index is 1.90. The van der Waals surface area contributed by atoms with E-state index in [9.17, 15) is 5.11 Å². The minimum absolute atomic E-state index is 0.0458. The van der Waals surface area contributed by atoms with Crippen LogP contribution in [0.15, 0.2) is 36.4 Å². The van der Waals surface area contributed by atoms with Gasteiger partial charge >= 0.3 is 0 Å². The molecule has 0 unspecified atom stereocenters. The minimum Gasteiger partial charge on any atom is -0.483 e. The lowest BCUT2D eigenvalue weighted by molar-refractivity contribution is 0.135. The number of rotatable bonds is 3. The van der Waals surface area contributed by atoms with Gasteiger partial charge in [-0.15, -0.1) is 0 Å². The third-order valence-corrected chi connectivity index (χ3v) is 3.77. The van der Waals surface area contributed by atoms with Crippen LogP contribution in [0, 0.1) is 6.92 Å². The molecule has 0 fully saturated rings. The number of para-hydroxylation sites is 1. The van der Waals surface area contributed by atoms with Crippen molar-refractivity contribution in [2.45, 2.75) is 39.4 Å². The maximum atomic E-state index is 9.22. The molecule has 1 aliphatic heterocycles. The highest BCUT2D eigenvalue weighted by atomic mass is 16.5. The van der Waals surface area contributed by atoms with E-state index in [1.54, 1.807) is 0 Å². The van der Waals surface area contributed by atoms with Crippen LogP contribution in [0.1, 0.15) is 30.5 Å². The van der Waals surface area contributed by atoms with Crippen LogP contribution in [0.4, 0.5) is 0 Å². The summed E-state index contributed by atoms with van der Waals surface area (Å²) in [5.74, 6) is 2.34. The molecule has 0 saturated carbocycles. The van der Waals surface area contributed by atoms with Crippen LogP contribution < -0.4 is 9.47 Å². The lowest BCUT2D eigenvalue weighted by atomic mass is 10.0. The zero-order chi connectivity index (χ0) is 15.0. The molecule has 0 spiro atoms. The summed E-state index contributed by atoms with van der Waals surface area (Å²) in [5, 5.41) is 9.22.